The molecular weight excluding hydrogens is 244 g/mol. The van der Waals surface area contributed by atoms with Crippen molar-refractivity contribution in [2.75, 3.05) is 7.11 Å². The maximum absolute atomic E-state index is 11.6. The minimum Gasteiger partial charge on any atom is -0.465 e. The van der Waals surface area contributed by atoms with Crippen molar-refractivity contribution in [2.45, 2.75) is 13.8 Å². The number of benzene rings is 2. The molecular formula is C15H14O4. The summed E-state index contributed by atoms with van der Waals surface area (Å²) in [5.41, 5.74) is 1.36. The van der Waals surface area contributed by atoms with E-state index in [-0.39, 0.29) is 11.9 Å². The molecule has 98 valence electrons. The van der Waals surface area contributed by atoms with Crippen LogP contribution in [0.4, 0.5) is 0 Å². The number of fused-ring (bicyclic) bond motifs is 1. The van der Waals surface area contributed by atoms with Crippen molar-refractivity contribution in [1.82, 2.24) is 0 Å². The molecule has 0 aliphatic rings. The van der Waals surface area contributed by atoms with Gasteiger partial charge in [-0.2, -0.15) is 0 Å². The number of methoxy groups -OCH3 is 1. The minimum atomic E-state index is -0.359. The Kier molecular flexibility index (Phi) is 3.51. The lowest BCUT2D eigenvalue weighted by atomic mass is 10.0. The highest BCUT2D eigenvalue weighted by Gasteiger charge is 2.11. The fourth-order valence-corrected chi connectivity index (χ4v) is 1.95. The van der Waals surface area contributed by atoms with E-state index in [4.69, 9.17) is 9.47 Å². The summed E-state index contributed by atoms with van der Waals surface area (Å²) in [6, 6.07) is 8.91. The summed E-state index contributed by atoms with van der Waals surface area (Å²) in [6.45, 7) is 3.19. The van der Waals surface area contributed by atoms with Gasteiger partial charge in [-0.25, -0.2) is 4.79 Å². The molecule has 0 aliphatic carbocycles. The summed E-state index contributed by atoms with van der Waals surface area (Å²) >= 11 is 0. The number of rotatable bonds is 2. The van der Waals surface area contributed by atoms with Crippen LogP contribution in [0.25, 0.3) is 10.8 Å². The summed E-state index contributed by atoms with van der Waals surface area (Å²) < 4.78 is 9.76. The Hall–Kier alpha value is -2.36. The van der Waals surface area contributed by atoms with Gasteiger partial charge < -0.3 is 9.47 Å². The zero-order chi connectivity index (χ0) is 14.0. The largest absolute Gasteiger partial charge is 0.465 e. The first kappa shape index (κ1) is 13.1. The van der Waals surface area contributed by atoms with Crippen molar-refractivity contribution in [1.29, 1.82) is 0 Å². The Morgan fingerprint density at radius 1 is 1.05 bits per heavy atom. The van der Waals surface area contributed by atoms with E-state index in [0.29, 0.717) is 11.3 Å². The minimum absolute atomic E-state index is 0.358. The lowest BCUT2D eigenvalue weighted by molar-refractivity contribution is -0.131. The van der Waals surface area contributed by atoms with Gasteiger partial charge in [-0.15, -0.1) is 0 Å². The maximum atomic E-state index is 11.6. The van der Waals surface area contributed by atoms with Crippen molar-refractivity contribution in [2.24, 2.45) is 0 Å². The molecule has 0 fully saturated rings. The molecule has 0 unspecified atom stereocenters. The van der Waals surface area contributed by atoms with Gasteiger partial charge in [-0.3, -0.25) is 4.79 Å². The van der Waals surface area contributed by atoms with Gasteiger partial charge in [0.05, 0.1) is 12.7 Å². The molecule has 2 aromatic rings. The predicted octanol–water partition coefficient (Wildman–Crippen LogP) is 2.86. The van der Waals surface area contributed by atoms with Crippen molar-refractivity contribution < 1.29 is 19.1 Å². The van der Waals surface area contributed by atoms with Crippen LogP contribution in [-0.2, 0) is 9.53 Å². The number of carbonyl (C=O) groups is 2. The monoisotopic (exact) mass is 258 g/mol. The zero-order valence-electron chi connectivity index (χ0n) is 11.0. The zero-order valence-corrected chi connectivity index (χ0v) is 11.0. The third-order valence-corrected chi connectivity index (χ3v) is 2.82. The average Bonchev–Trinajstić information content (AvgIpc) is 2.36. The van der Waals surface area contributed by atoms with Crippen LogP contribution in [0.15, 0.2) is 30.3 Å². The Labute approximate surface area is 110 Å². The Morgan fingerprint density at radius 2 is 1.79 bits per heavy atom. The molecule has 0 spiro atoms. The molecule has 0 heterocycles. The number of hydrogen-bond acceptors (Lipinski definition) is 4. The first-order valence-corrected chi connectivity index (χ1v) is 5.82. The molecule has 19 heavy (non-hydrogen) atoms. The molecule has 0 saturated heterocycles. The smallest absolute Gasteiger partial charge is 0.338 e. The van der Waals surface area contributed by atoms with Gasteiger partial charge in [-0.05, 0) is 41.5 Å². The van der Waals surface area contributed by atoms with E-state index >= 15 is 0 Å². The van der Waals surface area contributed by atoms with E-state index in [9.17, 15) is 9.59 Å². The van der Waals surface area contributed by atoms with Crippen LogP contribution < -0.4 is 4.74 Å². The van der Waals surface area contributed by atoms with E-state index in [1.165, 1.54) is 14.0 Å². The van der Waals surface area contributed by atoms with Gasteiger partial charge in [0.1, 0.15) is 5.75 Å². The Balaban J connectivity index is 2.51. The standard InChI is InChI=1S/C15H14O4/c1-9-6-12-7-13(19-10(2)16)5-4-11(12)8-14(9)15(17)18-3/h4-8H,1-3H3. The molecule has 0 aromatic heterocycles. The second kappa shape index (κ2) is 5.10. The van der Waals surface area contributed by atoms with Crippen LogP contribution >= 0.6 is 0 Å². The first-order valence-electron chi connectivity index (χ1n) is 5.82. The fourth-order valence-electron chi connectivity index (χ4n) is 1.95. The van der Waals surface area contributed by atoms with Crippen LogP contribution in [0.3, 0.4) is 0 Å². The molecule has 0 aliphatic heterocycles. The summed E-state index contributed by atoms with van der Waals surface area (Å²) in [4.78, 5) is 22.5. The molecule has 0 N–H and O–H groups in total. The molecule has 0 radical (unpaired) electrons. The highest BCUT2D eigenvalue weighted by atomic mass is 16.5. The van der Waals surface area contributed by atoms with Gasteiger partial charge in [0.2, 0.25) is 0 Å². The normalized spacial score (nSPS) is 10.3. The SMILES string of the molecule is COC(=O)c1cc2ccc(OC(C)=O)cc2cc1C. The van der Waals surface area contributed by atoms with Gasteiger partial charge >= 0.3 is 11.9 Å². The molecule has 2 rings (SSSR count). The number of aryl methyl sites for hydroxylation is 1. The fraction of sp³-hybridized carbons (Fsp3) is 0.200. The third-order valence-electron chi connectivity index (χ3n) is 2.82. The van der Waals surface area contributed by atoms with E-state index in [1.807, 2.05) is 13.0 Å². The summed E-state index contributed by atoms with van der Waals surface area (Å²) in [5.74, 6) is -0.226. The molecule has 0 amide bonds. The van der Waals surface area contributed by atoms with Crippen LogP contribution in [0.2, 0.25) is 0 Å². The van der Waals surface area contributed by atoms with E-state index < -0.39 is 0 Å². The van der Waals surface area contributed by atoms with Crippen LogP contribution in [0.5, 0.6) is 5.75 Å². The Morgan fingerprint density at radius 3 is 2.42 bits per heavy atom. The molecule has 4 nitrogen and oxygen atoms in total. The second-order valence-corrected chi connectivity index (χ2v) is 4.26. The Bertz CT molecular complexity index is 658. The van der Waals surface area contributed by atoms with E-state index in [1.54, 1.807) is 24.3 Å². The number of hydrogen-bond donors (Lipinski definition) is 0. The van der Waals surface area contributed by atoms with E-state index in [0.717, 1.165) is 16.3 Å². The number of carbonyl (C=O) groups excluding carboxylic acids is 2. The number of ether oxygens (including phenoxy) is 2. The second-order valence-electron chi connectivity index (χ2n) is 4.26. The highest BCUT2D eigenvalue weighted by molar-refractivity contribution is 5.97. The van der Waals surface area contributed by atoms with Gasteiger partial charge in [0.15, 0.2) is 0 Å². The van der Waals surface area contributed by atoms with Gasteiger partial charge in [-0.1, -0.05) is 12.1 Å². The first-order chi connectivity index (χ1) is 9.01. The van der Waals surface area contributed by atoms with Gasteiger partial charge in [0, 0.05) is 6.92 Å². The van der Waals surface area contributed by atoms with Crippen LogP contribution in [0.1, 0.15) is 22.8 Å². The van der Waals surface area contributed by atoms with Gasteiger partial charge in [0.25, 0.3) is 0 Å². The lowest BCUT2D eigenvalue weighted by Gasteiger charge is -2.08. The van der Waals surface area contributed by atoms with Crippen molar-refractivity contribution in [3.05, 3.63) is 41.5 Å². The topological polar surface area (TPSA) is 52.6 Å². The lowest BCUT2D eigenvalue weighted by Crippen LogP contribution is -2.04. The average molecular weight is 258 g/mol. The van der Waals surface area contributed by atoms with Crippen molar-refractivity contribution in [3.8, 4) is 5.75 Å². The summed E-state index contributed by atoms with van der Waals surface area (Å²) in [5, 5.41) is 1.80. The maximum Gasteiger partial charge on any atom is 0.338 e. The molecule has 0 bridgehead atoms. The molecule has 4 heteroatoms. The van der Waals surface area contributed by atoms with Crippen molar-refractivity contribution >= 4 is 22.7 Å². The quantitative estimate of drug-likeness (QED) is 0.614. The highest BCUT2D eigenvalue weighted by Crippen LogP contribution is 2.24. The third kappa shape index (κ3) is 2.73. The summed E-state index contributed by atoms with van der Waals surface area (Å²) in [6.07, 6.45) is 0. The van der Waals surface area contributed by atoms with Crippen molar-refractivity contribution in [3.63, 3.8) is 0 Å². The molecule has 0 saturated carbocycles. The molecule has 2 aromatic carbocycles. The van der Waals surface area contributed by atoms with Crippen LogP contribution in [0, 0.1) is 6.92 Å². The molecule has 0 atom stereocenters. The number of esters is 2. The summed E-state index contributed by atoms with van der Waals surface area (Å²) in [7, 11) is 1.36. The predicted molar refractivity (Wildman–Crippen MR) is 71.3 cm³/mol. The van der Waals surface area contributed by atoms with E-state index in [2.05, 4.69) is 0 Å². The van der Waals surface area contributed by atoms with Crippen LogP contribution in [-0.4, -0.2) is 19.0 Å².